The predicted molar refractivity (Wildman–Crippen MR) is 162 cm³/mol. The topological polar surface area (TPSA) is 36.9 Å². The second-order valence-corrected chi connectivity index (χ2v) is 10.2. The van der Waals surface area contributed by atoms with E-state index in [1.165, 1.54) is 19.3 Å². The second kappa shape index (κ2) is 17.1. The normalized spacial score (nSPS) is 11.3. The number of fused-ring (bicyclic) bond motifs is 2. The van der Waals surface area contributed by atoms with E-state index in [2.05, 4.69) is 64.1 Å². The van der Waals surface area contributed by atoms with Crippen LogP contribution in [0.2, 0.25) is 0 Å². The van der Waals surface area contributed by atoms with Gasteiger partial charge in [0.1, 0.15) is 23.0 Å². The van der Waals surface area contributed by atoms with Crippen molar-refractivity contribution in [3.8, 4) is 23.0 Å². The molecule has 4 nitrogen and oxygen atoms in total. The summed E-state index contributed by atoms with van der Waals surface area (Å²) in [7, 11) is 0. The molecule has 0 heterocycles. The number of rotatable bonds is 20. The molecule has 0 aliphatic rings. The molecule has 3 aromatic rings. The zero-order valence-electron chi connectivity index (χ0n) is 24.4. The van der Waals surface area contributed by atoms with E-state index in [0.29, 0.717) is 26.4 Å². The molecule has 0 saturated carbocycles. The number of hydrogen-bond donors (Lipinski definition) is 0. The molecule has 0 N–H and O–H groups in total. The highest BCUT2D eigenvalue weighted by Gasteiger charge is 2.22. The van der Waals surface area contributed by atoms with Crippen molar-refractivity contribution in [1.82, 2.24) is 0 Å². The minimum absolute atomic E-state index is 0.670. The highest BCUT2D eigenvalue weighted by atomic mass is 16.5. The molecule has 3 rings (SSSR count). The Kier molecular flexibility index (Phi) is 13.4. The van der Waals surface area contributed by atoms with Gasteiger partial charge in [-0.2, -0.15) is 0 Å². The first-order chi connectivity index (χ1) is 18.8. The molecule has 0 unspecified atom stereocenters. The Morgan fingerprint density at radius 1 is 0.421 bits per heavy atom. The van der Waals surface area contributed by atoms with Gasteiger partial charge in [-0.3, -0.25) is 0 Å². The van der Waals surface area contributed by atoms with Gasteiger partial charge >= 0.3 is 0 Å². The lowest BCUT2D eigenvalue weighted by Crippen LogP contribution is -2.05. The fourth-order valence-electron chi connectivity index (χ4n) is 4.84. The summed E-state index contributed by atoms with van der Waals surface area (Å²) in [6.07, 6.45) is 13.4. The maximum atomic E-state index is 6.65. The fourth-order valence-corrected chi connectivity index (χ4v) is 4.84. The number of benzene rings is 3. The Balaban J connectivity index is 2.18. The van der Waals surface area contributed by atoms with Crippen LogP contribution < -0.4 is 18.9 Å². The van der Waals surface area contributed by atoms with Crippen LogP contribution in [0.5, 0.6) is 23.0 Å². The van der Waals surface area contributed by atoms with E-state index in [9.17, 15) is 0 Å². The minimum Gasteiger partial charge on any atom is -0.493 e. The summed E-state index contributed by atoms with van der Waals surface area (Å²) in [5.74, 6) is 3.50. The van der Waals surface area contributed by atoms with Gasteiger partial charge in [0.25, 0.3) is 0 Å². The maximum absolute atomic E-state index is 6.65. The molecule has 0 aliphatic carbocycles. The summed E-state index contributed by atoms with van der Waals surface area (Å²) >= 11 is 0. The largest absolute Gasteiger partial charge is 0.493 e. The van der Waals surface area contributed by atoms with Gasteiger partial charge in [0, 0.05) is 10.8 Å². The monoisotopic (exact) mass is 522 g/mol. The average Bonchev–Trinajstić information content (AvgIpc) is 2.94. The van der Waals surface area contributed by atoms with Crippen LogP contribution in [0, 0.1) is 0 Å². The Morgan fingerprint density at radius 3 is 1.18 bits per heavy atom. The Hall–Kier alpha value is -2.62. The molecule has 0 aliphatic heterocycles. The van der Waals surface area contributed by atoms with Crippen LogP contribution in [0.15, 0.2) is 36.4 Å². The molecule has 4 heteroatoms. The van der Waals surface area contributed by atoms with Crippen LogP contribution >= 0.6 is 0 Å². The smallest absolute Gasteiger partial charge is 0.142 e. The number of ether oxygens (including phenoxy) is 4. The Morgan fingerprint density at radius 2 is 0.789 bits per heavy atom. The number of hydrogen-bond acceptors (Lipinski definition) is 4. The molecule has 0 saturated heterocycles. The van der Waals surface area contributed by atoms with Gasteiger partial charge in [-0.05, 0) is 37.8 Å². The van der Waals surface area contributed by atoms with Gasteiger partial charge in [0.2, 0.25) is 0 Å². The van der Waals surface area contributed by atoms with Crippen LogP contribution in [0.1, 0.15) is 105 Å². The van der Waals surface area contributed by atoms with Gasteiger partial charge in [-0.25, -0.2) is 0 Å². The maximum Gasteiger partial charge on any atom is 0.142 e. The zero-order valence-corrected chi connectivity index (χ0v) is 24.4. The van der Waals surface area contributed by atoms with Crippen molar-refractivity contribution in [1.29, 1.82) is 0 Å². The third-order valence-electron chi connectivity index (χ3n) is 7.00. The van der Waals surface area contributed by atoms with Gasteiger partial charge in [0.15, 0.2) is 0 Å². The zero-order chi connectivity index (χ0) is 27.0. The molecule has 0 fully saturated rings. The highest BCUT2D eigenvalue weighted by molar-refractivity contribution is 6.15. The van der Waals surface area contributed by atoms with E-state index in [-0.39, 0.29) is 0 Å². The molecule has 0 radical (unpaired) electrons. The summed E-state index contributed by atoms with van der Waals surface area (Å²) in [6.45, 7) is 11.6. The first-order valence-electron chi connectivity index (χ1n) is 15.3. The molecule has 210 valence electrons. The summed E-state index contributed by atoms with van der Waals surface area (Å²) < 4.78 is 26.0. The van der Waals surface area contributed by atoms with Gasteiger partial charge < -0.3 is 18.9 Å². The van der Waals surface area contributed by atoms with E-state index in [0.717, 1.165) is 102 Å². The lowest BCUT2D eigenvalue weighted by Gasteiger charge is -2.22. The Labute approximate surface area is 231 Å². The van der Waals surface area contributed by atoms with Crippen LogP contribution in [-0.2, 0) is 0 Å². The predicted octanol–water partition coefficient (Wildman–Crippen LogP) is 10.3. The molecular formula is C34H50O4. The van der Waals surface area contributed by atoms with Crippen molar-refractivity contribution < 1.29 is 18.9 Å². The molecule has 0 atom stereocenters. The highest BCUT2D eigenvalue weighted by Crippen LogP contribution is 2.49. The summed E-state index contributed by atoms with van der Waals surface area (Å²) in [5, 5.41) is 4.11. The molecule has 3 aromatic carbocycles. The van der Waals surface area contributed by atoms with Crippen LogP contribution in [0.25, 0.3) is 21.5 Å². The van der Waals surface area contributed by atoms with Crippen molar-refractivity contribution in [3.05, 3.63) is 36.4 Å². The third kappa shape index (κ3) is 8.19. The molecule has 0 spiro atoms. The van der Waals surface area contributed by atoms with E-state index in [1.54, 1.807) is 0 Å². The van der Waals surface area contributed by atoms with Crippen molar-refractivity contribution in [2.45, 2.75) is 105 Å². The minimum atomic E-state index is 0.670. The second-order valence-electron chi connectivity index (χ2n) is 10.2. The van der Waals surface area contributed by atoms with Gasteiger partial charge in [-0.1, -0.05) is 103 Å². The molecule has 0 amide bonds. The van der Waals surface area contributed by atoms with Crippen molar-refractivity contribution in [3.63, 3.8) is 0 Å². The lowest BCUT2D eigenvalue weighted by molar-refractivity contribution is 0.294. The SMILES string of the molecule is CCCCCOc1c2cccc(OCCCCC)c2c(OCCCCC)c2c(OCCCCC)cccc12. The van der Waals surface area contributed by atoms with Crippen molar-refractivity contribution in [2.75, 3.05) is 26.4 Å². The Bertz CT molecular complexity index is 1020. The van der Waals surface area contributed by atoms with Gasteiger partial charge in [0.05, 0.1) is 37.2 Å². The lowest BCUT2D eigenvalue weighted by atomic mass is 9.98. The third-order valence-corrected chi connectivity index (χ3v) is 7.00. The standard InChI is InChI=1S/C34H50O4/c1-5-9-13-23-35-29-21-17-19-27-31(29)34(38-26-16-12-8-4)32-28(33(27)37-25-15-11-7-3)20-18-22-30(32)36-24-14-10-6-2/h17-22H,5-16,23-26H2,1-4H3. The van der Waals surface area contributed by atoms with Crippen LogP contribution in [-0.4, -0.2) is 26.4 Å². The first-order valence-corrected chi connectivity index (χ1v) is 15.3. The van der Waals surface area contributed by atoms with Gasteiger partial charge in [-0.15, -0.1) is 0 Å². The fraction of sp³-hybridized carbons (Fsp3) is 0.588. The molecule has 0 bridgehead atoms. The summed E-state index contributed by atoms with van der Waals surface area (Å²) in [6, 6.07) is 12.6. The quantitative estimate of drug-likeness (QED) is 0.109. The van der Waals surface area contributed by atoms with Crippen LogP contribution in [0.3, 0.4) is 0 Å². The average molecular weight is 523 g/mol. The van der Waals surface area contributed by atoms with E-state index in [4.69, 9.17) is 18.9 Å². The molecule has 0 aromatic heterocycles. The number of unbranched alkanes of at least 4 members (excludes halogenated alkanes) is 8. The van der Waals surface area contributed by atoms with E-state index >= 15 is 0 Å². The first kappa shape index (κ1) is 29.9. The van der Waals surface area contributed by atoms with E-state index in [1.807, 2.05) is 0 Å². The van der Waals surface area contributed by atoms with Crippen LogP contribution in [0.4, 0.5) is 0 Å². The molecule has 38 heavy (non-hydrogen) atoms. The van der Waals surface area contributed by atoms with E-state index < -0.39 is 0 Å². The van der Waals surface area contributed by atoms with Crippen molar-refractivity contribution in [2.24, 2.45) is 0 Å². The van der Waals surface area contributed by atoms with Crippen molar-refractivity contribution >= 4 is 21.5 Å². The summed E-state index contributed by atoms with van der Waals surface area (Å²) in [5.41, 5.74) is 0. The summed E-state index contributed by atoms with van der Waals surface area (Å²) in [4.78, 5) is 0. The molecular weight excluding hydrogens is 472 g/mol.